The summed E-state index contributed by atoms with van der Waals surface area (Å²) >= 11 is 0. The van der Waals surface area contributed by atoms with Crippen LogP contribution in [0.25, 0.3) is 5.76 Å². The van der Waals surface area contributed by atoms with Crippen molar-refractivity contribution in [2.45, 2.75) is 11.8 Å². The number of carbonyl (C=O) groups excluding carboxylic acids is 1. The van der Waals surface area contributed by atoms with E-state index in [0.29, 0.717) is 11.5 Å². The molecule has 0 aromatic heterocycles. The predicted molar refractivity (Wildman–Crippen MR) is 99.7 cm³/mol. The number of aliphatic hydroxyl groups is 1. The SMILES string of the molecule is COc1ccc(/C(C)=N/NC(=O)C2=C(O)c3ccccc3S(=O)(=O)N2)cc1. The lowest BCUT2D eigenvalue weighted by molar-refractivity contribution is -0.117. The van der Waals surface area contributed by atoms with Gasteiger partial charge in [0.05, 0.1) is 17.7 Å². The molecule has 2 aromatic carbocycles. The number of hydrogen-bond acceptors (Lipinski definition) is 6. The van der Waals surface area contributed by atoms with Crippen LogP contribution < -0.4 is 14.9 Å². The number of hydrazone groups is 1. The van der Waals surface area contributed by atoms with Gasteiger partial charge in [-0.2, -0.15) is 5.10 Å². The van der Waals surface area contributed by atoms with Gasteiger partial charge in [-0.1, -0.05) is 12.1 Å². The van der Waals surface area contributed by atoms with Gasteiger partial charge in [-0.15, -0.1) is 0 Å². The predicted octanol–water partition coefficient (Wildman–Crippen LogP) is 1.75. The lowest BCUT2D eigenvalue weighted by atomic mass is 10.1. The Kier molecular flexibility index (Phi) is 4.87. The molecule has 0 saturated heterocycles. The smallest absolute Gasteiger partial charge is 0.292 e. The van der Waals surface area contributed by atoms with Gasteiger partial charge in [0.1, 0.15) is 5.75 Å². The summed E-state index contributed by atoms with van der Waals surface area (Å²) < 4.78 is 31.7. The first-order chi connectivity index (χ1) is 12.8. The number of rotatable bonds is 4. The molecule has 1 aliphatic heterocycles. The third-order valence-corrected chi connectivity index (χ3v) is 5.37. The number of carbonyl (C=O) groups is 1. The van der Waals surface area contributed by atoms with Gasteiger partial charge >= 0.3 is 0 Å². The monoisotopic (exact) mass is 387 g/mol. The van der Waals surface area contributed by atoms with Gasteiger partial charge in [0.25, 0.3) is 15.9 Å². The van der Waals surface area contributed by atoms with Crippen LogP contribution in [0.5, 0.6) is 5.75 Å². The van der Waals surface area contributed by atoms with Gasteiger partial charge in [-0.3, -0.25) is 9.52 Å². The summed E-state index contributed by atoms with van der Waals surface area (Å²) in [7, 11) is -2.40. The molecule has 0 unspecified atom stereocenters. The number of nitrogens with zero attached hydrogens (tertiary/aromatic N) is 1. The van der Waals surface area contributed by atoms with E-state index >= 15 is 0 Å². The Morgan fingerprint density at radius 1 is 1.15 bits per heavy atom. The van der Waals surface area contributed by atoms with Crippen molar-refractivity contribution in [3.05, 3.63) is 65.4 Å². The Labute approximate surface area is 156 Å². The Morgan fingerprint density at radius 3 is 2.48 bits per heavy atom. The van der Waals surface area contributed by atoms with Gasteiger partial charge in [-0.05, 0) is 48.9 Å². The number of aliphatic hydroxyl groups excluding tert-OH is 1. The number of nitrogens with one attached hydrogen (secondary N) is 2. The molecule has 0 spiro atoms. The lowest BCUT2D eigenvalue weighted by Gasteiger charge is -2.20. The minimum absolute atomic E-state index is 0.0530. The molecular formula is C18H17N3O5S. The van der Waals surface area contributed by atoms with E-state index in [4.69, 9.17) is 4.74 Å². The number of benzene rings is 2. The summed E-state index contributed by atoms with van der Waals surface area (Å²) in [5, 5.41) is 14.3. The van der Waals surface area contributed by atoms with Crippen molar-refractivity contribution in [1.82, 2.24) is 10.1 Å². The van der Waals surface area contributed by atoms with Gasteiger partial charge in [-0.25, -0.2) is 13.8 Å². The van der Waals surface area contributed by atoms with Gasteiger partial charge in [0, 0.05) is 5.56 Å². The average molecular weight is 387 g/mol. The topological polar surface area (TPSA) is 117 Å². The first-order valence-corrected chi connectivity index (χ1v) is 9.36. The fraction of sp³-hybridized carbons (Fsp3) is 0.111. The molecule has 0 fully saturated rings. The molecule has 8 nitrogen and oxygen atoms in total. The van der Waals surface area contributed by atoms with E-state index in [0.717, 1.165) is 5.56 Å². The molecule has 1 amide bonds. The van der Waals surface area contributed by atoms with Crippen LogP contribution in [0.2, 0.25) is 0 Å². The number of sulfonamides is 1. The molecule has 0 bridgehead atoms. The molecule has 0 atom stereocenters. The van der Waals surface area contributed by atoms with E-state index < -0.39 is 27.4 Å². The van der Waals surface area contributed by atoms with Crippen LogP contribution in [0.3, 0.4) is 0 Å². The van der Waals surface area contributed by atoms with Crippen molar-refractivity contribution in [3.63, 3.8) is 0 Å². The molecule has 1 heterocycles. The van der Waals surface area contributed by atoms with Gasteiger partial charge in [0.15, 0.2) is 11.5 Å². The summed E-state index contributed by atoms with van der Waals surface area (Å²) in [6.45, 7) is 1.68. The van der Waals surface area contributed by atoms with Crippen molar-refractivity contribution in [3.8, 4) is 5.75 Å². The second kappa shape index (κ2) is 7.12. The quantitative estimate of drug-likeness (QED) is 0.546. The number of amides is 1. The molecular weight excluding hydrogens is 370 g/mol. The zero-order valence-corrected chi connectivity index (χ0v) is 15.4. The Bertz CT molecular complexity index is 1060. The highest BCUT2D eigenvalue weighted by Crippen LogP contribution is 2.28. The first kappa shape index (κ1) is 18.5. The zero-order chi connectivity index (χ0) is 19.6. The molecule has 27 heavy (non-hydrogen) atoms. The Balaban J connectivity index is 1.85. The molecule has 0 saturated carbocycles. The average Bonchev–Trinajstić information content (AvgIpc) is 2.69. The molecule has 140 valence electrons. The summed E-state index contributed by atoms with van der Waals surface area (Å²) in [4.78, 5) is 12.3. The fourth-order valence-corrected chi connectivity index (χ4v) is 3.79. The third-order valence-electron chi connectivity index (χ3n) is 3.96. The number of fused-ring (bicyclic) bond motifs is 1. The van der Waals surface area contributed by atoms with Crippen molar-refractivity contribution in [2.24, 2.45) is 5.10 Å². The summed E-state index contributed by atoms with van der Waals surface area (Å²) in [5.74, 6) is -0.658. The van der Waals surface area contributed by atoms with Crippen LogP contribution in [0.1, 0.15) is 18.1 Å². The molecule has 2 aromatic rings. The highest BCUT2D eigenvalue weighted by Gasteiger charge is 2.32. The second-order valence-electron chi connectivity index (χ2n) is 5.69. The maximum atomic E-state index is 12.4. The third kappa shape index (κ3) is 3.63. The second-order valence-corrected chi connectivity index (χ2v) is 7.34. The van der Waals surface area contributed by atoms with Crippen LogP contribution in [0, 0.1) is 0 Å². The summed E-state index contributed by atoms with van der Waals surface area (Å²) in [6, 6.07) is 12.9. The standard InChI is InChI=1S/C18H17N3O5S/c1-11(12-7-9-13(26-2)10-8-12)19-20-18(23)16-17(22)14-5-3-4-6-15(14)27(24,25)21-16/h3-10,21-22H,1-2H3,(H,20,23)/b19-11+. The highest BCUT2D eigenvalue weighted by atomic mass is 32.2. The van der Waals surface area contributed by atoms with Crippen molar-refractivity contribution in [1.29, 1.82) is 0 Å². The van der Waals surface area contributed by atoms with Crippen LogP contribution >= 0.6 is 0 Å². The minimum Gasteiger partial charge on any atom is -0.505 e. The molecule has 0 aliphatic carbocycles. The van der Waals surface area contributed by atoms with Crippen LogP contribution in [0.15, 0.2) is 64.2 Å². The van der Waals surface area contributed by atoms with E-state index in [1.54, 1.807) is 44.4 Å². The first-order valence-electron chi connectivity index (χ1n) is 7.88. The lowest BCUT2D eigenvalue weighted by Crippen LogP contribution is -2.37. The number of hydrogen-bond donors (Lipinski definition) is 3. The Hall–Kier alpha value is -3.33. The van der Waals surface area contributed by atoms with Crippen molar-refractivity contribution >= 4 is 27.4 Å². The highest BCUT2D eigenvalue weighted by molar-refractivity contribution is 7.89. The van der Waals surface area contributed by atoms with E-state index in [9.17, 15) is 18.3 Å². The fourth-order valence-electron chi connectivity index (χ4n) is 2.51. The van der Waals surface area contributed by atoms with Crippen LogP contribution in [-0.4, -0.2) is 32.3 Å². The maximum absolute atomic E-state index is 12.4. The largest absolute Gasteiger partial charge is 0.505 e. The molecule has 3 N–H and O–H groups in total. The van der Waals surface area contributed by atoms with Crippen molar-refractivity contribution in [2.75, 3.05) is 7.11 Å². The molecule has 0 radical (unpaired) electrons. The van der Waals surface area contributed by atoms with Gasteiger partial charge < -0.3 is 9.84 Å². The molecule has 9 heteroatoms. The van der Waals surface area contributed by atoms with E-state index in [1.165, 1.54) is 18.2 Å². The zero-order valence-electron chi connectivity index (χ0n) is 14.6. The van der Waals surface area contributed by atoms with Gasteiger partial charge in [0.2, 0.25) is 0 Å². The van der Waals surface area contributed by atoms with Crippen LogP contribution in [-0.2, 0) is 14.8 Å². The van der Waals surface area contributed by atoms with Crippen LogP contribution in [0.4, 0.5) is 0 Å². The maximum Gasteiger partial charge on any atom is 0.292 e. The van der Waals surface area contributed by atoms with E-state index in [-0.39, 0.29) is 10.5 Å². The Morgan fingerprint density at radius 2 is 1.81 bits per heavy atom. The van der Waals surface area contributed by atoms with E-state index in [1.807, 2.05) is 0 Å². The summed E-state index contributed by atoms with van der Waals surface area (Å²) in [5.41, 5.74) is 3.05. The normalized spacial score (nSPS) is 15.6. The number of ether oxygens (including phenoxy) is 1. The molecule has 1 aliphatic rings. The van der Waals surface area contributed by atoms with Crippen molar-refractivity contribution < 1.29 is 23.1 Å². The number of methoxy groups -OCH3 is 1. The summed E-state index contributed by atoms with van der Waals surface area (Å²) in [6.07, 6.45) is 0. The molecule has 3 rings (SSSR count). The van der Waals surface area contributed by atoms with E-state index in [2.05, 4.69) is 15.2 Å². The minimum atomic E-state index is -3.96.